The Balaban J connectivity index is 1.79. The number of hydrogen-bond donors (Lipinski definition) is 1. The minimum Gasteiger partial charge on any atom is -0.497 e. The fraction of sp³-hybridized carbons (Fsp3) is 0.235. The highest BCUT2D eigenvalue weighted by Crippen LogP contribution is 2.26. The number of ether oxygens (including phenoxy) is 1. The molecule has 2 amide bonds. The van der Waals surface area contributed by atoms with Crippen molar-refractivity contribution in [2.24, 2.45) is 0 Å². The molecule has 0 bridgehead atoms. The summed E-state index contributed by atoms with van der Waals surface area (Å²) in [5.41, 5.74) is 1.24. The van der Waals surface area contributed by atoms with E-state index in [0.29, 0.717) is 5.75 Å². The van der Waals surface area contributed by atoms with E-state index in [4.69, 9.17) is 4.74 Å². The third-order valence-corrected chi connectivity index (χ3v) is 8.76. The van der Waals surface area contributed by atoms with E-state index in [1.54, 1.807) is 56.3 Å². The second-order valence-corrected chi connectivity index (χ2v) is 12.4. The second-order valence-electron chi connectivity index (χ2n) is 10.5. The van der Waals surface area contributed by atoms with Crippen LogP contribution in [-0.2, 0) is 32.6 Å². The van der Waals surface area contributed by atoms with Crippen molar-refractivity contribution < 1.29 is 27.1 Å². The van der Waals surface area contributed by atoms with Gasteiger partial charge < -0.3 is 15.0 Å². The number of carbonyl (C=O) groups is 2. The van der Waals surface area contributed by atoms with Crippen molar-refractivity contribution in [3.63, 3.8) is 0 Å². The molecule has 10 heteroatoms. The van der Waals surface area contributed by atoms with E-state index in [1.165, 1.54) is 48.4 Å². The smallest absolute Gasteiger partial charge is 0.264 e. The maximum absolute atomic E-state index is 15.0. The van der Waals surface area contributed by atoms with Gasteiger partial charge in [-0.2, -0.15) is 0 Å². The molecule has 230 valence electrons. The second kappa shape index (κ2) is 14.7. The Morgan fingerprint density at radius 2 is 1.43 bits per heavy atom. The molecule has 0 saturated carbocycles. The number of nitrogens with one attached hydrogen (secondary N) is 1. The summed E-state index contributed by atoms with van der Waals surface area (Å²) in [5, 5.41) is 2.88. The van der Waals surface area contributed by atoms with Crippen LogP contribution in [0.1, 0.15) is 25.0 Å². The minimum absolute atomic E-state index is 0.0472. The van der Waals surface area contributed by atoms with Crippen LogP contribution in [0.2, 0.25) is 0 Å². The molecule has 1 atom stereocenters. The molecule has 0 heterocycles. The molecule has 0 saturated heterocycles. The number of para-hydroxylation sites is 1. The number of hydrogen-bond acceptors (Lipinski definition) is 5. The molecule has 8 nitrogen and oxygen atoms in total. The average molecular weight is 618 g/mol. The maximum atomic E-state index is 15.0. The van der Waals surface area contributed by atoms with E-state index in [-0.39, 0.29) is 35.2 Å². The summed E-state index contributed by atoms with van der Waals surface area (Å²) < 4.78 is 49.2. The molecule has 0 fully saturated rings. The van der Waals surface area contributed by atoms with E-state index in [0.717, 1.165) is 9.87 Å². The number of carbonyl (C=O) groups excluding carboxylic acids is 2. The predicted octanol–water partition coefficient (Wildman–Crippen LogP) is 5.19. The molecule has 44 heavy (non-hydrogen) atoms. The number of anilines is 1. The molecule has 4 aromatic rings. The Hall–Kier alpha value is -4.70. The van der Waals surface area contributed by atoms with Crippen molar-refractivity contribution in [1.29, 1.82) is 0 Å². The van der Waals surface area contributed by atoms with Gasteiger partial charge in [-0.25, -0.2) is 12.8 Å². The Morgan fingerprint density at radius 3 is 2.02 bits per heavy atom. The van der Waals surface area contributed by atoms with Crippen molar-refractivity contribution in [3.8, 4) is 5.75 Å². The molecule has 1 N–H and O–H groups in total. The van der Waals surface area contributed by atoms with Crippen LogP contribution in [0.4, 0.5) is 10.1 Å². The normalized spacial score (nSPS) is 11.9. The van der Waals surface area contributed by atoms with Gasteiger partial charge in [-0.3, -0.25) is 13.9 Å². The lowest BCUT2D eigenvalue weighted by molar-refractivity contribution is -0.140. The number of halogens is 1. The van der Waals surface area contributed by atoms with Gasteiger partial charge in [0.05, 0.1) is 17.7 Å². The lowest BCUT2D eigenvalue weighted by atomic mass is 10.0. The molecule has 0 aliphatic rings. The lowest BCUT2D eigenvalue weighted by Crippen LogP contribution is -2.54. The van der Waals surface area contributed by atoms with Crippen LogP contribution >= 0.6 is 0 Å². The zero-order chi connectivity index (χ0) is 31.7. The zero-order valence-electron chi connectivity index (χ0n) is 24.9. The first-order valence-corrected chi connectivity index (χ1v) is 15.6. The highest BCUT2D eigenvalue weighted by molar-refractivity contribution is 7.92. The van der Waals surface area contributed by atoms with Crippen LogP contribution in [0, 0.1) is 5.82 Å². The molecule has 0 spiro atoms. The molecule has 0 aliphatic heterocycles. The first kappa shape index (κ1) is 32.2. The number of sulfonamides is 1. The number of rotatable bonds is 13. The standard InChI is InChI=1S/C34H36FN3O5S/c1-25(2)36-34(40)32(22-26-12-6-4-7-13-26)37(23-27-14-10-11-17-31(27)35)33(39)24-38(28-15-8-5-9-16-28)44(41,42)30-20-18-29(43-3)19-21-30/h4-21,25,32H,22-24H2,1-3H3,(H,36,40)/t32-/m1/s1. The fourth-order valence-electron chi connectivity index (χ4n) is 4.74. The van der Waals surface area contributed by atoms with Crippen molar-refractivity contribution in [2.75, 3.05) is 18.0 Å². The number of nitrogens with zero attached hydrogens (tertiary/aromatic N) is 2. The molecule has 4 aromatic carbocycles. The molecule has 4 rings (SSSR count). The van der Waals surface area contributed by atoms with Gasteiger partial charge in [0, 0.05) is 24.6 Å². The van der Waals surface area contributed by atoms with Gasteiger partial charge >= 0.3 is 0 Å². The van der Waals surface area contributed by atoms with Gasteiger partial charge in [0.15, 0.2) is 0 Å². The predicted molar refractivity (Wildman–Crippen MR) is 168 cm³/mol. The van der Waals surface area contributed by atoms with Crippen molar-refractivity contribution in [2.45, 2.75) is 43.8 Å². The van der Waals surface area contributed by atoms with Gasteiger partial charge in [-0.1, -0.05) is 66.7 Å². The zero-order valence-corrected chi connectivity index (χ0v) is 25.7. The van der Waals surface area contributed by atoms with Gasteiger partial charge in [0.1, 0.15) is 24.2 Å². The average Bonchev–Trinajstić information content (AvgIpc) is 3.02. The molecule has 0 radical (unpaired) electrons. The van der Waals surface area contributed by atoms with E-state index in [2.05, 4.69) is 5.32 Å². The summed E-state index contributed by atoms with van der Waals surface area (Å²) in [6, 6.07) is 28.0. The Morgan fingerprint density at radius 1 is 0.841 bits per heavy atom. The monoisotopic (exact) mass is 617 g/mol. The molecule has 0 aromatic heterocycles. The largest absolute Gasteiger partial charge is 0.497 e. The number of amides is 2. The van der Waals surface area contributed by atoms with E-state index >= 15 is 0 Å². The third kappa shape index (κ3) is 8.02. The molecular formula is C34H36FN3O5S. The molecule has 0 unspecified atom stereocenters. The number of benzene rings is 4. The molecule has 0 aliphatic carbocycles. The third-order valence-electron chi connectivity index (χ3n) is 6.97. The minimum atomic E-state index is -4.26. The van der Waals surface area contributed by atoms with Gasteiger partial charge in [-0.05, 0) is 61.9 Å². The summed E-state index contributed by atoms with van der Waals surface area (Å²) in [4.78, 5) is 29.2. The van der Waals surface area contributed by atoms with Gasteiger partial charge in [0.2, 0.25) is 11.8 Å². The summed E-state index contributed by atoms with van der Waals surface area (Å²) >= 11 is 0. The van der Waals surface area contributed by atoms with E-state index in [9.17, 15) is 22.4 Å². The van der Waals surface area contributed by atoms with E-state index < -0.39 is 40.2 Å². The van der Waals surface area contributed by atoms with E-state index in [1.807, 2.05) is 30.3 Å². The fourth-order valence-corrected chi connectivity index (χ4v) is 6.16. The van der Waals surface area contributed by atoms with Crippen LogP contribution < -0.4 is 14.4 Å². The Kier molecular flexibility index (Phi) is 10.7. The Labute approximate surface area is 258 Å². The number of methoxy groups -OCH3 is 1. The summed E-state index contributed by atoms with van der Waals surface area (Å²) in [6.45, 7) is 2.73. The highest BCUT2D eigenvalue weighted by atomic mass is 32.2. The molecular weight excluding hydrogens is 581 g/mol. The van der Waals surface area contributed by atoms with Crippen LogP contribution in [0.25, 0.3) is 0 Å². The van der Waals surface area contributed by atoms with Crippen molar-refractivity contribution >= 4 is 27.5 Å². The maximum Gasteiger partial charge on any atom is 0.264 e. The first-order chi connectivity index (χ1) is 21.1. The van der Waals surface area contributed by atoms with Gasteiger partial charge in [0.25, 0.3) is 10.0 Å². The highest BCUT2D eigenvalue weighted by Gasteiger charge is 2.35. The van der Waals surface area contributed by atoms with Crippen LogP contribution in [0.3, 0.4) is 0 Å². The Bertz CT molecular complexity index is 1650. The van der Waals surface area contributed by atoms with Crippen LogP contribution in [0.15, 0.2) is 114 Å². The van der Waals surface area contributed by atoms with Crippen molar-refractivity contribution in [3.05, 3.63) is 126 Å². The summed E-state index contributed by atoms with van der Waals surface area (Å²) in [6.07, 6.45) is 0.135. The van der Waals surface area contributed by atoms with Crippen LogP contribution in [0.5, 0.6) is 5.75 Å². The van der Waals surface area contributed by atoms with Crippen molar-refractivity contribution in [1.82, 2.24) is 10.2 Å². The van der Waals surface area contributed by atoms with Gasteiger partial charge in [-0.15, -0.1) is 0 Å². The van der Waals surface area contributed by atoms with Crippen LogP contribution in [-0.4, -0.2) is 50.9 Å². The summed E-state index contributed by atoms with van der Waals surface area (Å²) in [7, 11) is -2.78. The first-order valence-electron chi connectivity index (χ1n) is 14.2. The quantitative estimate of drug-likeness (QED) is 0.223. The SMILES string of the molecule is COc1ccc(S(=O)(=O)N(CC(=O)N(Cc2ccccc2F)[C@H](Cc2ccccc2)C(=O)NC(C)C)c2ccccc2)cc1. The topological polar surface area (TPSA) is 96.0 Å². The lowest BCUT2D eigenvalue weighted by Gasteiger charge is -2.34. The summed E-state index contributed by atoms with van der Waals surface area (Å²) in [5.74, 6) is -1.17.